The maximum Gasteiger partial charge on any atom is 0.330 e. The standard InChI is InChI=1S/C16H30O6/c1-3-5-6-7-18-8-9-19-10-11-20-12-13-21-14-15-22-16(17)4-2/h4H,2-3,5-15H2,1H3. The molecule has 0 rings (SSSR count). The van der Waals surface area contributed by atoms with Crippen LogP contribution in [0.3, 0.4) is 0 Å². The van der Waals surface area contributed by atoms with Crippen molar-refractivity contribution in [3.63, 3.8) is 0 Å². The van der Waals surface area contributed by atoms with Crippen molar-refractivity contribution in [1.82, 2.24) is 0 Å². The first kappa shape index (κ1) is 21.0. The molecule has 0 amide bonds. The van der Waals surface area contributed by atoms with E-state index in [4.69, 9.17) is 23.7 Å². The van der Waals surface area contributed by atoms with Crippen molar-refractivity contribution in [2.45, 2.75) is 26.2 Å². The minimum absolute atomic E-state index is 0.228. The highest BCUT2D eigenvalue weighted by Gasteiger charge is 1.95. The number of unbranched alkanes of at least 4 members (excludes halogenated alkanes) is 2. The Morgan fingerprint density at radius 1 is 0.773 bits per heavy atom. The normalized spacial score (nSPS) is 10.6. The monoisotopic (exact) mass is 318 g/mol. The molecule has 22 heavy (non-hydrogen) atoms. The average molecular weight is 318 g/mol. The summed E-state index contributed by atoms with van der Waals surface area (Å²) < 4.78 is 26.1. The molecule has 0 fully saturated rings. The zero-order valence-electron chi connectivity index (χ0n) is 13.7. The second-order valence-electron chi connectivity index (χ2n) is 4.53. The molecule has 0 aromatic heterocycles. The Balaban J connectivity index is 2.99. The highest BCUT2D eigenvalue weighted by Crippen LogP contribution is 1.93. The molecular formula is C16H30O6. The molecule has 6 nitrogen and oxygen atoms in total. The van der Waals surface area contributed by atoms with Crippen molar-refractivity contribution >= 4 is 5.97 Å². The fourth-order valence-corrected chi connectivity index (χ4v) is 1.48. The van der Waals surface area contributed by atoms with Gasteiger partial charge in [0.05, 0.1) is 46.2 Å². The Hall–Kier alpha value is -0.950. The minimum Gasteiger partial charge on any atom is -0.460 e. The zero-order valence-corrected chi connectivity index (χ0v) is 13.7. The lowest BCUT2D eigenvalue weighted by Crippen LogP contribution is -2.14. The number of esters is 1. The third kappa shape index (κ3) is 17.1. The first-order chi connectivity index (χ1) is 10.8. The summed E-state index contributed by atoms with van der Waals surface area (Å²) in [6.07, 6.45) is 4.67. The highest BCUT2D eigenvalue weighted by molar-refractivity contribution is 5.81. The van der Waals surface area contributed by atoms with Crippen molar-refractivity contribution < 1.29 is 28.5 Å². The van der Waals surface area contributed by atoms with Crippen LogP contribution in [0.4, 0.5) is 0 Å². The van der Waals surface area contributed by atoms with Gasteiger partial charge in [0.15, 0.2) is 0 Å². The van der Waals surface area contributed by atoms with Gasteiger partial charge in [0.2, 0.25) is 0 Å². The molecule has 0 aliphatic heterocycles. The number of hydrogen-bond acceptors (Lipinski definition) is 6. The summed E-state index contributed by atoms with van der Waals surface area (Å²) in [5.41, 5.74) is 0. The minimum atomic E-state index is -0.439. The smallest absolute Gasteiger partial charge is 0.330 e. The molecule has 0 aromatic rings. The Bertz CT molecular complexity index is 257. The Labute approximate surface area is 133 Å². The topological polar surface area (TPSA) is 63.2 Å². The molecule has 0 aliphatic carbocycles. The Morgan fingerprint density at radius 3 is 1.68 bits per heavy atom. The molecule has 0 spiro atoms. The van der Waals surface area contributed by atoms with Crippen LogP contribution in [0.25, 0.3) is 0 Å². The maximum atomic E-state index is 10.7. The first-order valence-corrected chi connectivity index (χ1v) is 7.91. The summed E-state index contributed by atoms with van der Waals surface area (Å²) >= 11 is 0. The fourth-order valence-electron chi connectivity index (χ4n) is 1.48. The van der Waals surface area contributed by atoms with E-state index in [9.17, 15) is 4.79 Å². The quantitative estimate of drug-likeness (QED) is 0.232. The van der Waals surface area contributed by atoms with Crippen LogP contribution in [0, 0.1) is 0 Å². The number of carbonyl (C=O) groups is 1. The molecule has 130 valence electrons. The maximum absolute atomic E-state index is 10.7. The number of ether oxygens (including phenoxy) is 5. The summed E-state index contributed by atoms with van der Waals surface area (Å²) in [5, 5.41) is 0. The first-order valence-electron chi connectivity index (χ1n) is 7.91. The highest BCUT2D eigenvalue weighted by atomic mass is 16.6. The average Bonchev–Trinajstić information content (AvgIpc) is 2.54. The summed E-state index contributed by atoms with van der Waals surface area (Å²) in [6, 6.07) is 0. The van der Waals surface area contributed by atoms with Gasteiger partial charge in [-0.1, -0.05) is 26.3 Å². The van der Waals surface area contributed by atoms with Gasteiger partial charge in [-0.05, 0) is 6.42 Å². The van der Waals surface area contributed by atoms with E-state index in [1.54, 1.807) is 0 Å². The van der Waals surface area contributed by atoms with E-state index in [0.29, 0.717) is 46.2 Å². The third-order valence-electron chi connectivity index (χ3n) is 2.65. The van der Waals surface area contributed by atoms with Gasteiger partial charge >= 0.3 is 5.97 Å². The van der Waals surface area contributed by atoms with E-state index >= 15 is 0 Å². The largest absolute Gasteiger partial charge is 0.460 e. The number of hydrogen-bond donors (Lipinski definition) is 0. The summed E-state index contributed by atoms with van der Waals surface area (Å²) in [6.45, 7) is 10.1. The molecule has 0 saturated heterocycles. The van der Waals surface area contributed by atoms with E-state index < -0.39 is 5.97 Å². The lowest BCUT2D eigenvalue weighted by molar-refractivity contribution is -0.139. The second-order valence-corrected chi connectivity index (χ2v) is 4.53. The van der Waals surface area contributed by atoms with Gasteiger partial charge in [0.1, 0.15) is 6.61 Å². The predicted octanol–water partition coefficient (Wildman–Crippen LogP) is 1.97. The van der Waals surface area contributed by atoms with Crippen LogP contribution in [0.2, 0.25) is 0 Å². The van der Waals surface area contributed by atoms with Crippen molar-refractivity contribution in [2.75, 3.05) is 59.5 Å². The SMILES string of the molecule is C=CC(=O)OCCOCCOCCOCCOCCCCC. The van der Waals surface area contributed by atoms with Crippen LogP contribution in [0.5, 0.6) is 0 Å². The molecule has 0 bridgehead atoms. The Kier molecular flexibility index (Phi) is 17.3. The van der Waals surface area contributed by atoms with Crippen LogP contribution < -0.4 is 0 Å². The molecule has 6 heteroatoms. The molecular weight excluding hydrogens is 288 g/mol. The summed E-state index contributed by atoms with van der Waals surface area (Å²) in [4.78, 5) is 10.7. The van der Waals surface area contributed by atoms with E-state index in [0.717, 1.165) is 19.1 Å². The van der Waals surface area contributed by atoms with Gasteiger partial charge in [0.25, 0.3) is 0 Å². The molecule has 0 saturated carbocycles. The van der Waals surface area contributed by atoms with Crippen LogP contribution >= 0.6 is 0 Å². The van der Waals surface area contributed by atoms with Gasteiger partial charge in [-0.25, -0.2) is 4.79 Å². The summed E-state index contributed by atoms with van der Waals surface area (Å²) in [5.74, 6) is -0.439. The molecule has 0 atom stereocenters. The lowest BCUT2D eigenvalue weighted by Gasteiger charge is -2.07. The van der Waals surface area contributed by atoms with Crippen molar-refractivity contribution in [3.05, 3.63) is 12.7 Å². The van der Waals surface area contributed by atoms with Crippen LogP contribution in [-0.2, 0) is 28.5 Å². The van der Waals surface area contributed by atoms with Crippen molar-refractivity contribution in [3.8, 4) is 0 Å². The molecule has 0 aliphatic rings. The Morgan fingerprint density at radius 2 is 1.23 bits per heavy atom. The summed E-state index contributed by atoms with van der Waals surface area (Å²) in [7, 11) is 0. The van der Waals surface area contributed by atoms with Gasteiger partial charge in [-0.2, -0.15) is 0 Å². The molecule has 0 radical (unpaired) electrons. The van der Waals surface area contributed by atoms with Gasteiger partial charge in [-0.3, -0.25) is 0 Å². The van der Waals surface area contributed by atoms with E-state index in [-0.39, 0.29) is 6.61 Å². The third-order valence-corrected chi connectivity index (χ3v) is 2.65. The molecule has 0 unspecified atom stereocenters. The van der Waals surface area contributed by atoms with E-state index in [1.165, 1.54) is 12.8 Å². The lowest BCUT2D eigenvalue weighted by atomic mass is 10.3. The molecule has 0 heterocycles. The van der Waals surface area contributed by atoms with Crippen molar-refractivity contribution in [1.29, 1.82) is 0 Å². The van der Waals surface area contributed by atoms with Gasteiger partial charge in [0, 0.05) is 12.7 Å². The molecule has 0 N–H and O–H groups in total. The fraction of sp³-hybridized carbons (Fsp3) is 0.812. The zero-order chi connectivity index (χ0) is 16.3. The second kappa shape index (κ2) is 18.1. The molecule has 0 aromatic carbocycles. The van der Waals surface area contributed by atoms with Crippen LogP contribution in [0.1, 0.15) is 26.2 Å². The van der Waals surface area contributed by atoms with E-state index in [2.05, 4.69) is 13.5 Å². The van der Waals surface area contributed by atoms with Gasteiger partial charge in [-0.15, -0.1) is 0 Å². The number of carbonyl (C=O) groups excluding carboxylic acids is 1. The van der Waals surface area contributed by atoms with Crippen LogP contribution in [0.15, 0.2) is 12.7 Å². The predicted molar refractivity (Wildman–Crippen MR) is 84.0 cm³/mol. The van der Waals surface area contributed by atoms with Gasteiger partial charge < -0.3 is 23.7 Å². The number of rotatable bonds is 17. The van der Waals surface area contributed by atoms with Crippen molar-refractivity contribution in [2.24, 2.45) is 0 Å². The van der Waals surface area contributed by atoms with E-state index in [1.807, 2.05) is 0 Å². The van der Waals surface area contributed by atoms with Crippen LogP contribution in [-0.4, -0.2) is 65.4 Å².